The fourth-order valence-electron chi connectivity index (χ4n) is 2.80. The van der Waals surface area contributed by atoms with Crippen molar-refractivity contribution in [1.29, 1.82) is 0 Å². The van der Waals surface area contributed by atoms with Gasteiger partial charge in [-0.15, -0.1) is 0 Å². The van der Waals surface area contributed by atoms with E-state index in [1.807, 2.05) is 0 Å². The highest BCUT2D eigenvalue weighted by Crippen LogP contribution is 2.42. The molecule has 0 amide bonds. The Kier molecular flexibility index (Phi) is 3.86. The van der Waals surface area contributed by atoms with Crippen LogP contribution < -0.4 is 0 Å². The van der Waals surface area contributed by atoms with Crippen LogP contribution in [0.1, 0.15) is 41.0 Å². The number of carbonyl (C=O) groups is 1. The summed E-state index contributed by atoms with van der Waals surface area (Å²) in [5, 5.41) is 19.7. The molecule has 0 unspecified atom stereocenters. The summed E-state index contributed by atoms with van der Waals surface area (Å²) in [6, 6.07) is 9.90. The van der Waals surface area contributed by atoms with Gasteiger partial charge in [0.1, 0.15) is 11.4 Å². The second-order valence-corrected chi connectivity index (χ2v) is 5.62. The highest BCUT2D eigenvalue weighted by atomic mass is 35.5. The summed E-state index contributed by atoms with van der Waals surface area (Å²) < 4.78 is 0. The Balaban J connectivity index is 2.13. The van der Waals surface area contributed by atoms with Crippen molar-refractivity contribution < 1.29 is 15.0 Å². The fourth-order valence-corrected chi connectivity index (χ4v) is 2.97. The van der Waals surface area contributed by atoms with E-state index in [1.165, 1.54) is 6.07 Å². The van der Waals surface area contributed by atoms with Gasteiger partial charge in [0, 0.05) is 10.6 Å². The Morgan fingerprint density at radius 3 is 2.68 bits per heavy atom. The molecule has 0 radical (unpaired) electrons. The molecule has 0 saturated carbocycles. The number of pyridine rings is 1. The molecular weight excluding hydrogens is 302 g/mol. The van der Waals surface area contributed by atoms with Crippen LogP contribution in [-0.4, -0.2) is 21.2 Å². The van der Waals surface area contributed by atoms with E-state index in [1.54, 1.807) is 30.3 Å². The van der Waals surface area contributed by atoms with Crippen LogP contribution in [0.2, 0.25) is 5.02 Å². The standard InChI is InChI=1S/C17H14ClNO3/c18-10-7-8-16(20)13(9-10)11-3-1-4-12(11)14-5-2-6-15(19-14)17(21)22/h2,5-9,20H,1,3-4H2,(H,21,22). The van der Waals surface area contributed by atoms with Crippen LogP contribution in [0, 0.1) is 0 Å². The third-order valence-corrected chi connectivity index (χ3v) is 4.01. The normalized spacial score (nSPS) is 14.4. The summed E-state index contributed by atoms with van der Waals surface area (Å²) in [6.07, 6.45) is 2.55. The van der Waals surface area contributed by atoms with Crippen LogP contribution in [-0.2, 0) is 0 Å². The highest BCUT2D eigenvalue weighted by Gasteiger charge is 2.21. The van der Waals surface area contributed by atoms with E-state index in [9.17, 15) is 9.90 Å². The lowest BCUT2D eigenvalue weighted by atomic mass is 9.99. The minimum Gasteiger partial charge on any atom is -0.507 e. The first-order chi connectivity index (χ1) is 10.6. The van der Waals surface area contributed by atoms with Crippen LogP contribution in [0.4, 0.5) is 0 Å². The number of aromatic nitrogens is 1. The van der Waals surface area contributed by atoms with Gasteiger partial charge in [-0.2, -0.15) is 0 Å². The SMILES string of the molecule is O=C(O)c1cccc(C2=C(c3cc(Cl)ccc3O)CCC2)n1. The summed E-state index contributed by atoms with van der Waals surface area (Å²) in [6.45, 7) is 0. The molecule has 0 spiro atoms. The Labute approximate surface area is 132 Å². The number of hydrogen-bond acceptors (Lipinski definition) is 3. The molecule has 0 atom stereocenters. The van der Waals surface area contributed by atoms with E-state index in [2.05, 4.69) is 4.98 Å². The lowest BCUT2D eigenvalue weighted by Crippen LogP contribution is -2.02. The van der Waals surface area contributed by atoms with Crippen molar-refractivity contribution in [3.8, 4) is 5.75 Å². The van der Waals surface area contributed by atoms with E-state index in [0.717, 1.165) is 30.4 Å². The van der Waals surface area contributed by atoms with Crippen molar-refractivity contribution >= 4 is 28.7 Å². The number of allylic oxidation sites excluding steroid dienone is 2. The van der Waals surface area contributed by atoms with Crippen LogP contribution in [0.3, 0.4) is 0 Å². The summed E-state index contributed by atoms with van der Waals surface area (Å²) in [5.41, 5.74) is 3.32. The monoisotopic (exact) mass is 315 g/mol. The number of benzene rings is 1. The Bertz CT molecular complexity index is 783. The summed E-state index contributed by atoms with van der Waals surface area (Å²) in [7, 11) is 0. The predicted octanol–water partition coefficient (Wildman–Crippen LogP) is 4.23. The van der Waals surface area contributed by atoms with Crippen molar-refractivity contribution in [2.45, 2.75) is 19.3 Å². The van der Waals surface area contributed by atoms with Gasteiger partial charge in [-0.25, -0.2) is 9.78 Å². The van der Waals surface area contributed by atoms with E-state index in [0.29, 0.717) is 16.3 Å². The van der Waals surface area contributed by atoms with Crippen molar-refractivity contribution in [2.24, 2.45) is 0 Å². The Hall–Kier alpha value is -2.33. The summed E-state index contributed by atoms with van der Waals surface area (Å²) in [5.74, 6) is -0.874. The Morgan fingerprint density at radius 1 is 1.14 bits per heavy atom. The number of rotatable bonds is 3. The number of aromatic carboxylic acids is 1. The molecule has 5 heteroatoms. The number of phenols is 1. The third-order valence-electron chi connectivity index (χ3n) is 3.78. The molecule has 1 heterocycles. The van der Waals surface area contributed by atoms with Crippen molar-refractivity contribution in [1.82, 2.24) is 4.98 Å². The number of hydrogen-bond donors (Lipinski definition) is 2. The van der Waals surface area contributed by atoms with E-state index in [4.69, 9.17) is 16.7 Å². The number of phenolic OH excluding ortho intramolecular Hbond substituents is 1. The zero-order valence-electron chi connectivity index (χ0n) is 11.7. The van der Waals surface area contributed by atoms with Crippen LogP contribution in [0.25, 0.3) is 11.1 Å². The predicted molar refractivity (Wildman–Crippen MR) is 85.0 cm³/mol. The molecular formula is C17H14ClNO3. The summed E-state index contributed by atoms with van der Waals surface area (Å²) in [4.78, 5) is 15.3. The van der Waals surface area contributed by atoms with Crippen LogP contribution in [0.15, 0.2) is 36.4 Å². The minimum absolute atomic E-state index is 0.0200. The summed E-state index contributed by atoms with van der Waals surface area (Å²) >= 11 is 6.03. The molecule has 0 aliphatic heterocycles. The van der Waals surface area contributed by atoms with E-state index < -0.39 is 5.97 Å². The molecule has 0 bridgehead atoms. The molecule has 0 saturated heterocycles. The molecule has 22 heavy (non-hydrogen) atoms. The van der Waals surface area contributed by atoms with Crippen molar-refractivity contribution in [3.05, 3.63) is 58.4 Å². The quantitative estimate of drug-likeness (QED) is 0.889. The second-order valence-electron chi connectivity index (χ2n) is 5.19. The van der Waals surface area contributed by atoms with Gasteiger partial charge in [0.2, 0.25) is 0 Å². The minimum atomic E-state index is -1.05. The molecule has 0 fully saturated rings. The Morgan fingerprint density at radius 2 is 1.91 bits per heavy atom. The molecule has 1 aliphatic carbocycles. The molecule has 3 rings (SSSR count). The second kappa shape index (κ2) is 5.81. The van der Waals surface area contributed by atoms with Gasteiger partial charge in [0.25, 0.3) is 0 Å². The van der Waals surface area contributed by atoms with Crippen molar-refractivity contribution in [2.75, 3.05) is 0 Å². The van der Waals surface area contributed by atoms with Gasteiger partial charge < -0.3 is 10.2 Å². The maximum atomic E-state index is 11.1. The maximum absolute atomic E-state index is 11.1. The highest BCUT2D eigenvalue weighted by molar-refractivity contribution is 6.30. The molecule has 1 aliphatic rings. The maximum Gasteiger partial charge on any atom is 0.354 e. The average molecular weight is 316 g/mol. The molecule has 1 aromatic carbocycles. The largest absolute Gasteiger partial charge is 0.507 e. The smallest absolute Gasteiger partial charge is 0.354 e. The van der Waals surface area contributed by atoms with Gasteiger partial charge in [-0.05, 0) is 60.7 Å². The average Bonchev–Trinajstić information content (AvgIpc) is 2.99. The van der Waals surface area contributed by atoms with Gasteiger partial charge >= 0.3 is 5.97 Å². The van der Waals surface area contributed by atoms with Crippen LogP contribution >= 0.6 is 11.6 Å². The van der Waals surface area contributed by atoms with E-state index >= 15 is 0 Å². The lowest BCUT2D eigenvalue weighted by molar-refractivity contribution is 0.0690. The molecule has 2 aromatic rings. The van der Waals surface area contributed by atoms with E-state index in [-0.39, 0.29) is 11.4 Å². The fraction of sp³-hybridized carbons (Fsp3) is 0.176. The zero-order valence-corrected chi connectivity index (χ0v) is 12.5. The lowest BCUT2D eigenvalue weighted by Gasteiger charge is -2.10. The topological polar surface area (TPSA) is 70.4 Å². The van der Waals surface area contributed by atoms with Crippen molar-refractivity contribution in [3.63, 3.8) is 0 Å². The van der Waals surface area contributed by atoms with Gasteiger partial charge in [0.15, 0.2) is 0 Å². The molecule has 2 N–H and O–H groups in total. The molecule has 4 nitrogen and oxygen atoms in total. The first-order valence-corrected chi connectivity index (χ1v) is 7.35. The van der Waals surface area contributed by atoms with Gasteiger partial charge in [-0.1, -0.05) is 17.7 Å². The number of carboxylic acids is 1. The van der Waals surface area contributed by atoms with Gasteiger partial charge in [0.05, 0.1) is 5.69 Å². The number of carboxylic acid groups (broad SMARTS) is 1. The molecule has 1 aromatic heterocycles. The van der Waals surface area contributed by atoms with Gasteiger partial charge in [-0.3, -0.25) is 0 Å². The number of halogens is 1. The molecule has 112 valence electrons. The first kappa shape index (κ1) is 14.6. The zero-order chi connectivity index (χ0) is 15.7. The number of nitrogens with zero attached hydrogens (tertiary/aromatic N) is 1. The number of aromatic hydroxyl groups is 1. The third kappa shape index (κ3) is 2.70. The first-order valence-electron chi connectivity index (χ1n) is 6.98. The van der Waals surface area contributed by atoms with Crippen LogP contribution in [0.5, 0.6) is 5.75 Å².